The molecule has 0 radical (unpaired) electrons. The van der Waals surface area contributed by atoms with Crippen molar-refractivity contribution < 1.29 is 14.2 Å². The van der Waals surface area contributed by atoms with Gasteiger partial charge in [-0.2, -0.15) is 0 Å². The summed E-state index contributed by atoms with van der Waals surface area (Å²) in [5.41, 5.74) is 1.19. The normalized spacial score (nSPS) is 15.7. The van der Waals surface area contributed by atoms with Gasteiger partial charge in [-0.3, -0.25) is 0 Å². The van der Waals surface area contributed by atoms with Crippen molar-refractivity contribution in [1.82, 2.24) is 4.98 Å². The molecule has 0 atom stereocenters. The summed E-state index contributed by atoms with van der Waals surface area (Å²) in [5.74, 6) is 2.76. The first kappa shape index (κ1) is 13.9. The lowest BCUT2D eigenvalue weighted by Gasteiger charge is -2.24. The summed E-state index contributed by atoms with van der Waals surface area (Å²) >= 11 is 0. The van der Waals surface area contributed by atoms with Gasteiger partial charge in [0.2, 0.25) is 5.88 Å². The average molecular weight is 285 g/mol. The van der Waals surface area contributed by atoms with Crippen molar-refractivity contribution in [3.05, 3.63) is 48.2 Å². The molecule has 0 saturated carbocycles. The molecule has 4 heteroatoms. The van der Waals surface area contributed by atoms with Crippen LogP contribution in [0, 0.1) is 0 Å². The number of rotatable bonds is 4. The third-order valence-corrected chi connectivity index (χ3v) is 3.72. The van der Waals surface area contributed by atoms with Gasteiger partial charge in [0.1, 0.15) is 11.5 Å². The smallest absolute Gasteiger partial charge is 0.219 e. The van der Waals surface area contributed by atoms with Crippen LogP contribution in [0.4, 0.5) is 0 Å². The first-order chi connectivity index (χ1) is 10.4. The molecule has 1 aliphatic rings. The average Bonchev–Trinajstić information content (AvgIpc) is 2.56. The predicted molar refractivity (Wildman–Crippen MR) is 80.1 cm³/mol. The maximum absolute atomic E-state index is 5.81. The van der Waals surface area contributed by atoms with Crippen LogP contribution >= 0.6 is 0 Å². The van der Waals surface area contributed by atoms with E-state index in [2.05, 4.69) is 11.1 Å². The standard InChI is InChI=1S/C17H19NO3/c1-19-16-6-5-14(21-17-4-2-3-9-18-17)12-15(16)13-7-10-20-11-8-13/h2-6,9,12-13H,7-8,10-11H2,1H3. The molecule has 3 rings (SSSR count). The third-order valence-electron chi connectivity index (χ3n) is 3.72. The fourth-order valence-corrected chi connectivity index (χ4v) is 2.63. The minimum atomic E-state index is 0.459. The molecule has 110 valence electrons. The molecule has 2 aromatic rings. The van der Waals surface area contributed by atoms with Crippen LogP contribution in [0.25, 0.3) is 0 Å². The number of nitrogens with zero attached hydrogens (tertiary/aromatic N) is 1. The zero-order valence-electron chi connectivity index (χ0n) is 12.1. The van der Waals surface area contributed by atoms with Crippen molar-refractivity contribution in [3.8, 4) is 17.4 Å². The van der Waals surface area contributed by atoms with E-state index >= 15 is 0 Å². The monoisotopic (exact) mass is 285 g/mol. The van der Waals surface area contributed by atoms with Gasteiger partial charge in [0.25, 0.3) is 0 Å². The van der Waals surface area contributed by atoms with Crippen molar-refractivity contribution in [1.29, 1.82) is 0 Å². The van der Waals surface area contributed by atoms with E-state index in [1.54, 1.807) is 13.3 Å². The molecule has 1 saturated heterocycles. The maximum atomic E-state index is 5.81. The molecule has 0 spiro atoms. The van der Waals surface area contributed by atoms with Crippen molar-refractivity contribution in [2.75, 3.05) is 20.3 Å². The van der Waals surface area contributed by atoms with Crippen LogP contribution in [-0.4, -0.2) is 25.3 Å². The summed E-state index contributed by atoms with van der Waals surface area (Å²) in [4.78, 5) is 4.19. The van der Waals surface area contributed by atoms with Gasteiger partial charge in [0.05, 0.1) is 7.11 Å². The molecule has 0 unspecified atom stereocenters. The highest BCUT2D eigenvalue weighted by atomic mass is 16.5. The number of aromatic nitrogens is 1. The fraction of sp³-hybridized carbons (Fsp3) is 0.353. The lowest BCUT2D eigenvalue weighted by Crippen LogP contribution is -2.14. The van der Waals surface area contributed by atoms with Crippen LogP contribution in [0.2, 0.25) is 0 Å². The molecule has 0 N–H and O–H groups in total. The van der Waals surface area contributed by atoms with Crippen LogP contribution in [0.1, 0.15) is 24.3 Å². The summed E-state index contributed by atoms with van der Waals surface area (Å²) in [6.07, 6.45) is 3.76. The first-order valence-corrected chi connectivity index (χ1v) is 7.21. The molecule has 1 aromatic carbocycles. The van der Waals surface area contributed by atoms with Gasteiger partial charge in [-0.25, -0.2) is 4.98 Å². The van der Waals surface area contributed by atoms with E-state index < -0.39 is 0 Å². The Kier molecular flexibility index (Phi) is 4.36. The Morgan fingerprint density at radius 1 is 1.14 bits per heavy atom. The van der Waals surface area contributed by atoms with E-state index in [1.165, 1.54) is 5.56 Å². The Morgan fingerprint density at radius 3 is 2.71 bits per heavy atom. The molecule has 21 heavy (non-hydrogen) atoms. The highest BCUT2D eigenvalue weighted by Gasteiger charge is 2.20. The lowest BCUT2D eigenvalue weighted by molar-refractivity contribution is 0.0847. The molecule has 4 nitrogen and oxygen atoms in total. The molecule has 1 aliphatic heterocycles. The van der Waals surface area contributed by atoms with Crippen LogP contribution in [0.5, 0.6) is 17.4 Å². The second-order valence-electron chi connectivity index (χ2n) is 5.06. The minimum absolute atomic E-state index is 0.459. The molecule has 0 aliphatic carbocycles. The van der Waals surface area contributed by atoms with E-state index in [9.17, 15) is 0 Å². The second-order valence-corrected chi connectivity index (χ2v) is 5.06. The summed E-state index contributed by atoms with van der Waals surface area (Å²) < 4.78 is 16.7. The largest absolute Gasteiger partial charge is 0.496 e. The molecule has 0 bridgehead atoms. The maximum Gasteiger partial charge on any atom is 0.219 e. The van der Waals surface area contributed by atoms with Gasteiger partial charge in [0.15, 0.2) is 0 Å². The molecule has 2 heterocycles. The molecule has 1 aromatic heterocycles. The van der Waals surface area contributed by atoms with Crippen LogP contribution < -0.4 is 9.47 Å². The molecular weight excluding hydrogens is 266 g/mol. The predicted octanol–water partition coefficient (Wildman–Crippen LogP) is 3.78. The summed E-state index contributed by atoms with van der Waals surface area (Å²) in [6.45, 7) is 1.61. The number of benzene rings is 1. The van der Waals surface area contributed by atoms with Crippen molar-refractivity contribution in [2.24, 2.45) is 0 Å². The Morgan fingerprint density at radius 2 is 2.00 bits per heavy atom. The topological polar surface area (TPSA) is 40.6 Å². The zero-order valence-corrected chi connectivity index (χ0v) is 12.1. The highest BCUT2D eigenvalue weighted by molar-refractivity contribution is 5.43. The van der Waals surface area contributed by atoms with E-state index in [-0.39, 0.29) is 0 Å². The molecule has 1 fully saturated rings. The van der Waals surface area contributed by atoms with Crippen LogP contribution in [-0.2, 0) is 4.74 Å². The van der Waals surface area contributed by atoms with Gasteiger partial charge in [-0.1, -0.05) is 6.07 Å². The number of methoxy groups -OCH3 is 1. The quantitative estimate of drug-likeness (QED) is 0.857. The summed E-state index contributed by atoms with van der Waals surface area (Å²) in [6, 6.07) is 11.6. The number of ether oxygens (including phenoxy) is 3. The lowest BCUT2D eigenvalue weighted by atomic mass is 9.91. The zero-order chi connectivity index (χ0) is 14.5. The third kappa shape index (κ3) is 3.34. The Hall–Kier alpha value is -2.07. The van der Waals surface area contributed by atoms with Crippen molar-refractivity contribution >= 4 is 0 Å². The Labute approximate surface area is 124 Å². The van der Waals surface area contributed by atoms with Gasteiger partial charge in [-0.05, 0) is 43.0 Å². The number of hydrogen-bond donors (Lipinski definition) is 0. The van der Waals surface area contributed by atoms with Gasteiger partial charge < -0.3 is 14.2 Å². The SMILES string of the molecule is COc1ccc(Oc2ccccn2)cc1C1CCOCC1. The van der Waals surface area contributed by atoms with Crippen LogP contribution in [0.3, 0.4) is 0 Å². The second kappa shape index (κ2) is 6.59. The number of hydrogen-bond acceptors (Lipinski definition) is 4. The van der Waals surface area contributed by atoms with E-state index in [0.717, 1.165) is 37.6 Å². The number of pyridine rings is 1. The summed E-state index contributed by atoms with van der Waals surface area (Å²) in [7, 11) is 1.71. The first-order valence-electron chi connectivity index (χ1n) is 7.21. The van der Waals surface area contributed by atoms with Crippen molar-refractivity contribution in [2.45, 2.75) is 18.8 Å². The van der Waals surface area contributed by atoms with E-state index in [1.807, 2.05) is 30.3 Å². The molecule has 0 amide bonds. The Bertz CT molecular complexity index is 580. The van der Waals surface area contributed by atoms with E-state index in [0.29, 0.717) is 11.8 Å². The van der Waals surface area contributed by atoms with Gasteiger partial charge >= 0.3 is 0 Å². The highest BCUT2D eigenvalue weighted by Crippen LogP contribution is 2.36. The summed E-state index contributed by atoms with van der Waals surface area (Å²) in [5, 5.41) is 0. The molecular formula is C17H19NO3. The fourth-order valence-electron chi connectivity index (χ4n) is 2.63. The van der Waals surface area contributed by atoms with Gasteiger partial charge in [-0.15, -0.1) is 0 Å². The van der Waals surface area contributed by atoms with Crippen molar-refractivity contribution in [3.63, 3.8) is 0 Å². The Balaban J connectivity index is 1.85. The minimum Gasteiger partial charge on any atom is -0.496 e. The van der Waals surface area contributed by atoms with Crippen LogP contribution in [0.15, 0.2) is 42.6 Å². The van der Waals surface area contributed by atoms with E-state index in [4.69, 9.17) is 14.2 Å². The van der Waals surface area contributed by atoms with Gasteiger partial charge in [0, 0.05) is 31.0 Å².